The topological polar surface area (TPSA) is 106 Å². The molecule has 2 rings (SSSR count). The molecule has 2 heterocycles. The molecule has 7 heteroatoms. The van der Waals surface area contributed by atoms with Gasteiger partial charge in [0.2, 0.25) is 5.89 Å². The average Bonchev–Trinajstić information content (AvgIpc) is 2.75. The lowest BCUT2D eigenvalue weighted by molar-refractivity contribution is 0.0947. The maximum absolute atomic E-state index is 11.8. The average molecular weight is 261 g/mol. The molecule has 0 saturated heterocycles. The molecule has 0 unspecified atom stereocenters. The quantitative estimate of drug-likeness (QED) is 0.557. The molecule has 0 radical (unpaired) electrons. The van der Waals surface area contributed by atoms with E-state index in [9.17, 15) is 4.79 Å². The number of oxazole rings is 1. The lowest BCUT2D eigenvalue weighted by atomic mass is 10.2. The number of nitrogens with zero attached hydrogens (tertiary/aromatic N) is 2. The third kappa shape index (κ3) is 3.08. The first kappa shape index (κ1) is 13.0. The van der Waals surface area contributed by atoms with E-state index in [1.807, 2.05) is 13.8 Å². The molecule has 4 N–H and O–H groups in total. The highest BCUT2D eigenvalue weighted by molar-refractivity contribution is 5.93. The fraction of sp³-hybridized carbons (Fsp3) is 0.250. The summed E-state index contributed by atoms with van der Waals surface area (Å²) in [7, 11) is 0. The van der Waals surface area contributed by atoms with E-state index in [0.717, 1.165) is 11.5 Å². The van der Waals surface area contributed by atoms with Gasteiger partial charge in [0.25, 0.3) is 5.91 Å². The molecular weight excluding hydrogens is 246 g/mol. The highest BCUT2D eigenvalue weighted by atomic mass is 16.4. The van der Waals surface area contributed by atoms with Crippen LogP contribution >= 0.6 is 0 Å². The summed E-state index contributed by atoms with van der Waals surface area (Å²) in [5, 5.41) is 2.71. The molecule has 19 heavy (non-hydrogen) atoms. The van der Waals surface area contributed by atoms with Crippen LogP contribution in [0.15, 0.2) is 22.7 Å². The van der Waals surface area contributed by atoms with Crippen molar-refractivity contribution in [2.24, 2.45) is 5.84 Å². The summed E-state index contributed by atoms with van der Waals surface area (Å²) in [6, 6.07) is 3.25. The predicted octanol–water partition coefficient (Wildman–Crippen LogP) is 0.902. The van der Waals surface area contributed by atoms with Crippen LogP contribution in [-0.2, 0) is 6.54 Å². The monoisotopic (exact) mass is 261 g/mol. The van der Waals surface area contributed by atoms with Gasteiger partial charge in [-0.25, -0.2) is 15.8 Å². The second kappa shape index (κ2) is 5.49. The molecule has 1 amide bonds. The number of carbonyl (C=O) groups is 1. The van der Waals surface area contributed by atoms with Gasteiger partial charge in [0.1, 0.15) is 11.6 Å². The van der Waals surface area contributed by atoms with Crippen LogP contribution in [0, 0.1) is 13.8 Å². The summed E-state index contributed by atoms with van der Waals surface area (Å²) < 4.78 is 5.37. The summed E-state index contributed by atoms with van der Waals surface area (Å²) in [6.45, 7) is 3.92. The second-order valence-corrected chi connectivity index (χ2v) is 4.01. The number of amides is 1. The third-order valence-corrected chi connectivity index (χ3v) is 2.65. The maximum atomic E-state index is 11.8. The van der Waals surface area contributed by atoms with Crippen LogP contribution in [0.1, 0.15) is 27.7 Å². The van der Waals surface area contributed by atoms with E-state index in [-0.39, 0.29) is 12.5 Å². The molecule has 0 spiro atoms. The Morgan fingerprint density at radius 3 is 2.74 bits per heavy atom. The smallest absolute Gasteiger partial charge is 0.253 e. The minimum absolute atomic E-state index is 0.240. The summed E-state index contributed by atoms with van der Waals surface area (Å²) in [4.78, 5) is 20.0. The first-order valence-electron chi connectivity index (χ1n) is 5.74. The van der Waals surface area contributed by atoms with Gasteiger partial charge in [0, 0.05) is 6.20 Å². The van der Waals surface area contributed by atoms with Crippen LogP contribution in [0.25, 0.3) is 0 Å². The third-order valence-electron chi connectivity index (χ3n) is 2.65. The largest absolute Gasteiger partial charge is 0.444 e. The van der Waals surface area contributed by atoms with Gasteiger partial charge in [-0.2, -0.15) is 0 Å². The van der Waals surface area contributed by atoms with Crippen LogP contribution < -0.4 is 16.6 Å². The number of nitrogen functional groups attached to an aromatic ring is 1. The normalized spacial score (nSPS) is 10.3. The van der Waals surface area contributed by atoms with Crippen LogP contribution in [0.5, 0.6) is 0 Å². The Bertz CT molecular complexity index is 557. The van der Waals surface area contributed by atoms with Crippen molar-refractivity contribution in [1.82, 2.24) is 15.3 Å². The highest BCUT2D eigenvalue weighted by Crippen LogP contribution is 2.08. The Labute approximate surface area is 110 Å². The number of nitrogens with one attached hydrogen (secondary N) is 2. The Kier molecular flexibility index (Phi) is 3.76. The van der Waals surface area contributed by atoms with Crippen molar-refractivity contribution in [3.63, 3.8) is 0 Å². The van der Waals surface area contributed by atoms with E-state index in [1.54, 1.807) is 12.1 Å². The van der Waals surface area contributed by atoms with E-state index in [2.05, 4.69) is 20.7 Å². The molecule has 0 aliphatic heterocycles. The van der Waals surface area contributed by atoms with Crippen molar-refractivity contribution in [1.29, 1.82) is 0 Å². The fourth-order valence-electron chi connectivity index (χ4n) is 1.49. The molecule has 0 aliphatic rings. The predicted molar refractivity (Wildman–Crippen MR) is 69.2 cm³/mol. The number of aryl methyl sites for hydroxylation is 2. The number of rotatable bonds is 4. The van der Waals surface area contributed by atoms with Gasteiger partial charge < -0.3 is 15.2 Å². The van der Waals surface area contributed by atoms with Crippen molar-refractivity contribution in [2.75, 3.05) is 5.43 Å². The Morgan fingerprint density at radius 1 is 1.42 bits per heavy atom. The molecule has 0 fully saturated rings. The van der Waals surface area contributed by atoms with Gasteiger partial charge >= 0.3 is 0 Å². The molecule has 0 aromatic carbocycles. The molecule has 0 aliphatic carbocycles. The minimum Gasteiger partial charge on any atom is -0.444 e. The van der Waals surface area contributed by atoms with E-state index in [0.29, 0.717) is 17.3 Å². The Balaban J connectivity index is 1.96. The molecule has 0 bridgehead atoms. The van der Waals surface area contributed by atoms with Crippen molar-refractivity contribution in [2.45, 2.75) is 20.4 Å². The first-order valence-corrected chi connectivity index (χ1v) is 5.74. The SMILES string of the molecule is Cc1nc(CNC(=O)c2ccc(NN)nc2)oc1C. The van der Waals surface area contributed by atoms with E-state index in [1.165, 1.54) is 6.20 Å². The van der Waals surface area contributed by atoms with Crippen LogP contribution in [0.4, 0.5) is 5.82 Å². The molecule has 100 valence electrons. The Hall–Kier alpha value is -2.41. The minimum atomic E-state index is -0.246. The molecule has 2 aromatic rings. The molecule has 7 nitrogen and oxygen atoms in total. The van der Waals surface area contributed by atoms with Gasteiger partial charge in [-0.15, -0.1) is 0 Å². The second-order valence-electron chi connectivity index (χ2n) is 4.01. The van der Waals surface area contributed by atoms with Crippen LogP contribution in [-0.4, -0.2) is 15.9 Å². The Morgan fingerprint density at radius 2 is 2.21 bits per heavy atom. The maximum Gasteiger partial charge on any atom is 0.253 e. The van der Waals surface area contributed by atoms with Crippen LogP contribution in [0.3, 0.4) is 0 Å². The van der Waals surface area contributed by atoms with Gasteiger partial charge in [0.15, 0.2) is 0 Å². The number of anilines is 1. The molecular formula is C12H15N5O2. The van der Waals surface area contributed by atoms with Crippen molar-refractivity contribution in [3.05, 3.63) is 41.2 Å². The van der Waals surface area contributed by atoms with Crippen molar-refractivity contribution >= 4 is 11.7 Å². The van der Waals surface area contributed by atoms with Gasteiger partial charge in [0.05, 0.1) is 17.8 Å². The molecule has 0 atom stereocenters. The van der Waals surface area contributed by atoms with E-state index < -0.39 is 0 Å². The zero-order valence-electron chi connectivity index (χ0n) is 10.7. The van der Waals surface area contributed by atoms with Crippen LogP contribution in [0.2, 0.25) is 0 Å². The number of carbonyl (C=O) groups excluding carboxylic acids is 1. The lowest BCUT2D eigenvalue weighted by Gasteiger charge is -2.03. The van der Waals surface area contributed by atoms with Gasteiger partial charge in [-0.05, 0) is 26.0 Å². The number of aromatic nitrogens is 2. The lowest BCUT2D eigenvalue weighted by Crippen LogP contribution is -2.23. The summed E-state index contributed by atoms with van der Waals surface area (Å²) in [5.74, 6) is 6.68. The van der Waals surface area contributed by atoms with Gasteiger partial charge in [-0.3, -0.25) is 4.79 Å². The van der Waals surface area contributed by atoms with E-state index >= 15 is 0 Å². The molecule has 0 saturated carbocycles. The first-order chi connectivity index (χ1) is 9.10. The van der Waals surface area contributed by atoms with Crippen molar-refractivity contribution in [3.8, 4) is 0 Å². The molecule has 2 aromatic heterocycles. The van der Waals surface area contributed by atoms with Gasteiger partial charge in [-0.1, -0.05) is 0 Å². The zero-order valence-corrected chi connectivity index (χ0v) is 10.7. The summed E-state index contributed by atoms with van der Waals surface area (Å²) in [5.41, 5.74) is 3.66. The fourth-order valence-corrected chi connectivity index (χ4v) is 1.49. The number of nitrogens with two attached hydrogens (primary N) is 1. The number of pyridine rings is 1. The van der Waals surface area contributed by atoms with E-state index in [4.69, 9.17) is 10.3 Å². The number of hydrogen-bond acceptors (Lipinski definition) is 6. The zero-order chi connectivity index (χ0) is 13.8. The van der Waals surface area contributed by atoms with Crippen molar-refractivity contribution < 1.29 is 9.21 Å². The highest BCUT2D eigenvalue weighted by Gasteiger charge is 2.09. The summed E-state index contributed by atoms with van der Waals surface area (Å²) in [6.07, 6.45) is 1.44. The summed E-state index contributed by atoms with van der Waals surface area (Å²) >= 11 is 0. The number of hydrogen-bond donors (Lipinski definition) is 3. The standard InChI is InChI=1S/C12H15N5O2/c1-7-8(2)19-11(16-7)6-15-12(18)9-3-4-10(17-13)14-5-9/h3-5H,6,13H2,1-2H3,(H,14,17)(H,15,18). The number of hydrazine groups is 1.